The van der Waals surface area contributed by atoms with Crippen molar-refractivity contribution >= 4 is 35.4 Å². The van der Waals surface area contributed by atoms with Crippen molar-refractivity contribution in [1.82, 2.24) is 20.2 Å². The van der Waals surface area contributed by atoms with Crippen molar-refractivity contribution in [3.05, 3.63) is 76.9 Å². The van der Waals surface area contributed by atoms with E-state index in [-0.39, 0.29) is 70.3 Å². The maximum Gasteiger partial charge on any atom is 0.313 e. The fourth-order valence-corrected chi connectivity index (χ4v) is 6.81. The van der Waals surface area contributed by atoms with Gasteiger partial charge in [-0.25, -0.2) is 13.8 Å². The normalized spacial score (nSPS) is 12.2. The highest BCUT2D eigenvalue weighted by atomic mass is 19.2. The highest BCUT2D eigenvalue weighted by molar-refractivity contribution is 6.05. The van der Waals surface area contributed by atoms with Gasteiger partial charge < -0.3 is 68.1 Å². The number of hydrogen-bond acceptors (Lipinski definition) is 18. The first-order valence-electron chi connectivity index (χ1n) is 25.4. The molecule has 20 nitrogen and oxygen atoms in total. The van der Waals surface area contributed by atoms with E-state index in [1.54, 1.807) is 18.5 Å². The minimum Gasteiger partial charge on any atom is -0.420 e. The number of fused-ring (bicyclic) bond motifs is 1. The molecule has 0 aliphatic carbocycles. The van der Waals surface area contributed by atoms with Gasteiger partial charge in [0.05, 0.1) is 162 Å². The molecule has 76 heavy (non-hydrogen) atoms. The van der Waals surface area contributed by atoms with Crippen molar-refractivity contribution in [2.75, 3.05) is 145 Å². The number of benzene rings is 1. The molecule has 0 unspecified atom stereocenters. The predicted molar refractivity (Wildman–Crippen MR) is 270 cm³/mol. The molecule has 2 aromatic heterocycles. The summed E-state index contributed by atoms with van der Waals surface area (Å²) in [6.07, 6.45) is 7.02. The van der Waals surface area contributed by atoms with Gasteiger partial charge in [0, 0.05) is 61.1 Å². The molecular weight excluding hydrogens is 1010 g/mol. The van der Waals surface area contributed by atoms with Gasteiger partial charge in [0.25, 0.3) is 0 Å². The SMILES string of the molecule is CCCN(CCC)C(=O)C1=Cc2ncc(-c3ccc(CNC(=O)CCOCCOCCOCCOCCOCCOCCOCCOCCOCCOCCC(=O)Oc4c(F)c(F)cc(F)c4F)nc3)cc2N=C(N)C1. The first-order valence-corrected chi connectivity index (χ1v) is 25.4. The van der Waals surface area contributed by atoms with E-state index in [2.05, 4.69) is 25.0 Å². The summed E-state index contributed by atoms with van der Waals surface area (Å²) in [6, 6.07) is 5.64. The second-order valence-corrected chi connectivity index (χ2v) is 16.6. The smallest absolute Gasteiger partial charge is 0.313 e. The number of pyridine rings is 2. The Balaban J connectivity index is 0.854. The van der Waals surface area contributed by atoms with Crippen LogP contribution in [0.25, 0.3) is 17.2 Å². The van der Waals surface area contributed by atoms with Crippen molar-refractivity contribution in [3.63, 3.8) is 0 Å². The Kier molecular flexibility index (Phi) is 31.6. The second kappa shape index (κ2) is 38.1. The van der Waals surface area contributed by atoms with E-state index in [1.807, 2.05) is 36.9 Å². The van der Waals surface area contributed by atoms with Crippen LogP contribution in [-0.2, 0) is 68.3 Å². The lowest BCUT2D eigenvalue weighted by atomic mass is 10.1. The number of carbonyl (C=O) groups is 3. The van der Waals surface area contributed by atoms with Crippen LogP contribution in [0.1, 0.15) is 57.3 Å². The van der Waals surface area contributed by atoms with Crippen molar-refractivity contribution in [2.45, 2.75) is 52.5 Å². The monoisotopic (exact) mass is 1080 g/mol. The molecule has 1 aliphatic heterocycles. The number of ether oxygens (including phenoxy) is 11. The van der Waals surface area contributed by atoms with Gasteiger partial charge in [-0.2, -0.15) is 8.78 Å². The number of carbonyl (C=O) groups excluding carboxylic acids is 3. The molecule has 1 aliphatic rings. The van der Waals surface area contributed by atoms with E-state index in [9.17, 15) is 31.9 Å². The number of amides is 2. The molecule has 3 heterocycles. The third kappa shape index (κ3) is 25.1. The van der Waals surface area contributed by atoms with Crippen LogP contribution in [0, 0.1) is 23.3 Å². The van der Waals surface area contributed by atoms with Crippen LogP contribution in [0.2, 0.25) is 0 Å². The van der Waals surface area contributed by atoms with Gasteiger partial charge in [-0.05, 0) is 31.1 Å². The topological polar surface area (TPSA) is 232 Å². The summed E-state index contributed by atoms with van der Waals surface area (Å²) < 4.78 is 112. The Morgan fingerprint density at radius 2 is 1.04 bits per heavy atom. The summed E-state index contributed by atoms with van der Waals surface area (Å²) in [5.74, 6) is -9.38. The number of esters is 1. The van der Waals surface area contributed by atoms with Crippen molar-refractivity contribution in [3.8, 4) is 16.9 Å². The summed E-state index contributed by atoms with van der Waals surface area (Å²) in [4.78, 5) is 52.9. The van der Waals surface area contributed by atoms with Crippen molar-refractivity contribution < 1.29 is 84.1 Å². The molecule has 0 bridgehead atoms. The van der Waals surface area contributed by atoms with Crippen LogP contribution < -0.4 is 15.8 Å². The van der Waals surface area contributed by atoms with Crippen LogP contribution in [0.15, 0.2) is 47.2 Å². The first kappa shape index (κ1) is 63.0. The third-order valence-electron chi connectivity index (χ3n) is 10.6. The molecule has 3 N–H and O–H groups in total. The van der Waals surface area contributed by atoms with Gasteiger partial charge in [0.15, 0.2) is 11.6 Å². The summed E-state index contributed by atoms with van der Waals surface area (Å²) in [5.41, 5.74) is 10.3. The zero-order chi connectivity index (χ0) is 54.6. The van der Waals surface area contributed by atoms with E-state index in [0.717, 1.165) is 24.0 Å². The largest absolute Gasteiger partial charge is 0.420 e. The van der Waals surface area contributed by atoms with Crippen LogP contribution in [-0.4, -0.2) is 184 Å². The second-order valence-electron chi connectivity index (χ2n) is 16.6. The molecule has 422 valence electrons. The van der Waals surface area contributed by atoms with E-state index in [0.29, 0.717) is 141 Å². The summed E-state index contributed by atoms with van der Waals surface area (Å²) in [6.45, 7) is 12.3. The van der Waals surface area contributed by atoms with Crippen LogP contribution in [0.3, 0.4) is 0 Å². The summed E-state index contributed by atoms with van der Waals surface area (Å²) >= 11 is 0. The maximum atomic E-state index is 13.6. The number of halogens is 4. The zero-order valence-corrected chi connectivity index (χ0v) is 43.4. The molecule has 4 rings (SSSR count). The van der Waals surface area contributed by atoms with Gasteiger partial charge in [-0.15, -0.1) is 0 Å². The lowest BCUT2D eigenvalue weighted by Crippen LogP contribution is -2.34. The molecular formula is C52H72F4N6O14. The molecule has 0 atom stereocenters. The average Bonchev–Trinajstić information content (AvgIpc) is 3.59. The third-order valence-corrected chi connectivity index (χ3v) is 10.6. The number of nitrogens with zero attached hydrogens (tertiary/aromatic N) is 4. The Morgan fingerprint density at radius 1 is 0.592 bits per heavy atom. The van der Waals surface area contributed by atoms with Crippen LogP contribution >= 0.6 is 0 Å². The van der Waals surface area contributed by atoms with Gasteiger partial charge in [0.2, 0.25) is 29.2 Å². The molecule has 2 amide bonds. The minimum atomic E-state index is -1.80. The zero-order valence-electron chi connectivity index (χ0n) is 43.4. The predicted octanol–water partition coefficient (Wildman–Crippen LogP) is 5.29. The van der Waals surface area contributed by atoms with Crippen molar-refractivity contribution in [2.24, 2.45) is 10.7 Å². The van der Waals surface area contributed by atoms with E-state index in [1.165, 1.54) is 0 Å². The molecule has 1 aromatic carbocycles. The van der Waals surface area contributed by atoms with Crippen LogP contribution in [0.4, 0.5) is 23.2 Å². The Morgan fingerprint density at radius 3 is 1.49 bits per heavy atom. The number of aromatic nitrogens is 2. The quantitative estimate of drug-likeness (QED) is 0.0241. The minimum absolute atomic E-state index is 0.0144. The van der Waals surface area contributed by atoms with E-state index in [4.69, 9.17) is 53.1 Å². The number of aliphatic imine (C=N–C) groups is 1. The summed E-state index contributed by atoms with van der Waals surface area (Å²) in [7, 11) is 0. The number of hydrogen-bond donors (Lipinski definition) is 2. The number of nitrogens with two attached hydrogens (primary N) is 1. The standard InChI is InChI=1S/C52H72F4N6O14/c1-3-9-62(10-4-2)52(65)39-31-44-45(61-46(57)33-39)32-40(36-59-44)38-5-6-41(58-35-38)37-60-47(63)7-11-66-13-15-68-17-19-70-21-23-72-25-27-74-29-30-75-28-26-73-24-22-71-20-18-69-16-14-67-12-8-48(64)76-51-49(55)42(53)34-43(54)50(51)56/h5-6,31-32,34-36H,3-4,7-30,33,37H2,1-2H3,(H2,57,61)(H,60,63). The highest BCUT2D eigenvalue weighted by Gasteiger charge is 2.24. The Hall–Kier alpha value is -5.54. The maximum absolute atomic E-state index is 13.6. The van der Waals surface area contributed by atoms with E-state index >= 15 is 0 Å². The van der Waals surface area contributed by atoms with Gasteiger partial charge in [-0.1, -0.05) is 19.9 Å². The molecule has 0 saturated carbocycles. The molecule has 0 saturated heterocycles. The molecule has 0 fully saturated rings. The molecule has 24 heteroatoms. The Labute approximate surface area is 440 Å². The first-order chi connectivity index (χ1) is 37.0. The summed E-state index contributed by atoms with van der Waals surface area (Å²) in [5, 5.41) is 2.86. The average molecular weight is 1080 g/mol. The number of nitrogens with one attached hydrogen (secondary N) is 1. The van der Waals surface area contributed by atoms with Gasteiger partial charge in [0.1, 0.15) is 5.84 Å². The molecule has 0 radical (unpaired) electrons. The van der Waals surface area contributed by atoms with E-state index < -0.39 is 41.4 Å². The number of amidine groups is 1. The van der Waals surface area contributed by atoms with Gasteiger partial charge >= 0.3 is 5.97 Å². The Bertz CT molecular complexity index is 2220. The lowest BCUT2D eigenvalue weighted by Gasteiger charge is -2.22. The lowest BCUT2D eigenvalue weighted by molar-refractivity contribution is -0.136. The fraction of sp³-hybridized carbons (Fsp3) is 0.577. The molecule has 0 spiro atoms. The van der Waals surface area contributed by atoms with Gasteiger partial charge in [-0.3, -0.25) is 24.4 Å². The van der Waals surface area contributed by atoms with Crippen molar-refractivity contribution in [1.29, 1.82) is 0 Å². The number of rotatable bonds is 42. The highest BCUT2D eigenvalue weighted by Crippen LogP contribution is 2.31. The fourth-order valence-electron chi connectivity index (χ4n) is 6.81. The van der Waals surface area contributed by atoms with Crippen LogP contribution in [0.5, 0.6) is 5.75 Å². The molecule has 3 aromatic rings.